The number of aryl methyl sites for hydroxylation is 1. The zero-order valence-electron chi connectivity index (χ0n) is 12.4. The molecule has 1 N–H and O–H groups in total. The zero-order valence-corrected chi connectivity index (χ0v) is 13.2. The van der Waals surface area contributed by atoms with Crippen molar-refractivity contribution in [2.45, 2.75) is 51.8 Å². The summed E-state index contributed by atoms with van der Waals surface area (Å²) in [6.45, 7) is 7.43. The molecule has 1 aromatic rings. The fraction of sp³-hybridized carbons (Fsp3) is 0.562. The van der Waals surface area contributed by atoms with E-state index in [1.807, 2.05) is 0 Å². The molecule has 0 aromatic heterocycles. The van der Waals surface area contributed by atoms with Gasteiger partial charge in [-0.1, -0.05) is 31.5 Å². The number of nitrogens with zero attached hydrogens (tertiary/aromatic N) is 1. The number of hydrogen-bond acceptors (Lipinski definition) is 2. The highest BCUT2D eigenvalue weighted by Gasteiger charge is 2.47. The van der Waals surface area contributed by atoms with Gasteiger partial charge in [-0.25, -0.2) is 0 Å². The highest BCUT2D eigenvalue weighted by atomic mass is 32.1. The summed E-state index contributed by atoms with van der Waals surface area (Å²) in [7, 11) is 0. The summed E-state index contributed by atoms with van der Waals surface area (Å²) < 4.78 is 6.40. The van der Waals surface area contributed by atoms with E-state index in [1.54, 1.807) is 0 Å². The SMILES string of the molecule is CCCCN1C(=S)NC2CC1(C)Oc1c(C)cccc12. The number of thiocarbonyl (C=S) groups is 1. The van der Waals surface area contributed by atoms with Crippen molar-refractivity contribution < 1.29 is 4.74 Å². The van der Waals surface area contributed by atoms with Gasteiger partial charge in [-0.3, -0.25) is 0 Å². The first-order valence-electron chi connectivity index (χ1n) is 7.42. The van der Waals surface area contributed by atoms with Crippen molar-refractivity contribution >= 4 is 17.3 Å². The lowest BCUT2D eigenvalue weighted by Crippen LogP contribution is -2.64. The molecular formula is C16H22N2OS. The Bertz CT molecular complexity index is 545. The van der Waals surface area contributed by atoms with Gasteiger partial charge in [-0.15, -0.1) is 0 Å². The first-order chi connectivity index (χ1) is 9.55. The van der Waals surface area contributed by atoms with Crippen LogP contribution in [0.3, 0.4) is 0 Å². The molecule has 2 bridgehead atoms. The first-order valence-corrected chi connectivity index (χ1v) is 7.82. The Morgan fingerprint density at radius 2 is 2.30 bits per heavy atom. The molecule has 1 fully saturated rings. The molecule has 2 unspecified atom stereocenters. The van der Waals surface area contributed by atoms with Crippen LogP contribution in [-0.2, 0) is 0 Å². The molecule has 0 amide bonds. The first kappa shape index (κ1) is 13.7. The van der Waals surface area contributed by atoms with Crippen molar-refractivity contribution in [3.8, 4) is 5.75 Å². The highest BCUT2D eigenvalue weighted by Crippen LogP contribution is 2.45. The van der Waals surface area contributed by atoms with Crippen molar-refractivity contribution in [1.82, 2.24) is 10.2 Å². The Hall–Kier alpha value is -1.29. The summed E-state index contributed by atoms with van der Waals surface area (Å²) in [6.07, 6.45) is 3.23. The van der Waals surface area contributed by atoms with Crippen LogP contribution in [0, 0.1) is 6.92 Å². The van der Waals surface area contributed by atoms with E-state index in [9.17, 15) is 0 Å². The number of unbranched alkanes of at least 4 members (excludes halogenated alkanes) is 1. The fourth-order valence-corrected chi connectivity index (χ4v) is 3.66. The van der Waals surface area contributed by atoms with E-state index in [1.165, 1.54) is 11.1 Å². The Balaban J connectivity index is 1.98. The molecule has 108 valence electrons. The van der Waals surface area contributed by atoms with Crippen LogP contribution in [0.25, 0.3) is 0 Å². The summed E-state index contributed by atoms with van der Waals surface area (Å²) in [5.41, 5.74) is 2.12. The Labute approximate surface area is 126 Å². The summed E-state index contributed by atoms with van der Waals surface area (Å²) in [5.74, 6) is 1.03. The molecule has 3 nitrogen and oxygen atoms in total. The van der Waals surface area contributed by atoms with Crippen LogP contribution in [0.1, 0.15) is 50.3 Å². The number of ether oxygens (including phenoxy) is 1. The van der Waals surface area contributed by atoms with Gasteiger partial charge in [0.1, 0.15) is 5.75 Å². The van der Waals surface area contributed by atoms with Gasteiger partial charge in [0.05, 0.1) is 6.04 Å². The molecule has 2 aliphatic rings. The number of rotatable bonds is 3. The lowest BCUT2D eigenvalue weighted by atomic mass is 9.89. The fourth-order valence-electron chi connectivity index (χ4n) is 3.23. The van der Waals surface area contributed by atoms with E-state index >= 15 is 0 Å². The molecule has 0 saturated carbocycles. The summed E-state index contributed by atoms with van der Waals surface area (Å²) in [6, 6.07) is 6.62. The maximum absolute atomic E-state index is 6.40. The molecule has 3 rings (SSSR count). The van der Waals surface area contributed by atoms with Gasteiger partial charge in [-0.05, 0) is 38.0 Å². The van der Waals surface area contributed by atoms with Crippen LogP contribution >= 0.6 is 12.2 Å². The van der Waals surface area contributed by atoms with Gasteiger partial charge in [-0.2, -0.15) is 0 Å². The van der Waals surface area contributed by atoms with Crippen LogP contribution in [-0.4, -0.2) is 22.3 Å². The van der Waals surface area contributed by atoms with Gasteiger partial charge in [0.2, 0.25) is 0 Å². The molecule has 2 heterocycles. The maximum Gasteiger partial charge on any atom is 0.184 e. The molecule has 2 atom stereocenters. The number of para-hydroxylation sites is 1. The predicted octanol–water partition coefficient (Wildman–Crippen LogP) is 3.53. The Morgan fingerprint density at radius 3 is 3.05 bits per heavy atom. The van der Waals surface area contributed by atoms with Crippen molar-refractivity contribution in [3.63, 3.8) is 0 Å². The number of fused-ring (bicyclic) bond motifs is 4. The maximum atomic E-state index is 6.40. The number of nitrogens with one attached hydrogen (secondary N) is 1. The van der Waals surface area contributed by atoms with Crippen LogP contribution in [0.4, 0.5) is 0 Å². The van der Waals surface area contributed by atoms with E-state index in [0.29, 0.717) is 0 Å². The average molecular weight is 290 g/mol. The van der Waals surface area contributed by atoms with Gasteiger partial charge in [0, 0.05) is 18.5 Å². The van der Waals surface area contributed by atoms with E-state index < -0.39 is 0 Å². The van der Waals surface area contributed by atoms with Crippen molar-refractivity contribution in [1.29, 1.82) is 0 Å². The van der Waals surface area contributed by atoms with Crippen LogP contribution in [0.15, 0.2) is 18.2 Å². The third-order valence-electron chi connectivity index (χ3n) is 4.37. The summed E-state index contributed by atoms with van der Waals surface area (Å²) in [4.78, 5) is 2.22. The molecule has 1 saturated heterocycles. The van der Waals surface area contributed by atoms with E-state index in [2.05, 4.69) is 49.2 Å². The zero-order chi connectivity index (χ0) is 14.3. The van der Waals surface area contributed by atoms with Gasteiger partial charge in [0.15, 0.2) is 10.8 Å². The topological polar surface area (TPSA) is 24.5 Å². The van der Waals surface area contributed by atoms with E-state index in [0.717, 1.165) is 36.7 Å². The molecule has 20 heavy (non-hydrogen) atoms. The van der Waals surface area contributed by atoms with Crippen LogP contribution in [0.5, 0.6) is 5.75 Å². The minimum absolute atomic E-state index is 0.272. The molecule has 0 radical (unpaired) electrons. The second-order valence-electron chi connectivity index (χ2n) is 5.98. The quantitative estimate of drug-likeness (QED) is 0.861. The molecular weight excluding hydrogens is 268 g/mol. The minimum Gasteiger partial charge on any atom is -0.467 e. The molecule has 0 aliphatic carbocycles. The normalized spacial score (nSPS) is 27.6. The van der Waals surface area contributed by atoms with Crippen molar-refractivity contribution in [2.75, 3.05) is 6.54 Å². The molecule has 2 aliphatic heterocycles. The average Bonchev–Trinajstić information content (AvgIpc) is 2.39. The van der Waals surface area contributed by atoms with Gasteiger partial charge >= 0.3 is 0 Å². The highest BCUT2D eigenvalue weighted by molar-refractivity contribution is 7.80. The third-order valence-corrected chi connectivity index (χ3v) is 4.71. The number of benzene rings is 1. The number of hydrogen-bond donors (Lipinski definition) is 1. The minimum atomic E-state index is -0.318. The smallest absolute Gasteiger partial charge is 0.184 e. The molecule has 4 heteroatoms. The lowest BCUT2D eigenvalue weighted by Gasteiger charge is -2.52. The van der Waals surface area contributed by atoms with Gasteiger partial charge < -0.3 is 15.0 Å². The lowest BCUT2D eigenvalue weighted by molar-refractivity contribution is -0.0689. The summed E-state index contributed by atoms with van der Waals surface area (Å²) in [5, 5.41) is 4.32. The predicted molar refractivity (Wildman–Crippen MR) is 84.9 cm³/mol. The van der Waals surface area contributed by atoms with E-state index in [4.69, 9.17) is 17.0 Å². The van der Waals surface area contributed by atoms with Crippen LogP contribution in [0.2, 0.25) is 0 Å². The monoisotopic (exact) mass is 290 g/mol. The standard InChI is InChI=1S/C16H22N2OS/c1-4-5-9-18-15(20)17-13-10-16(18,3)19-14-11(2)7-6-8-12(13)14/h6-8,13H,4-5,9-10H2,1-3H3,(H,17,20). The largest absolute Gasteiger partial charge is 0.467 e. The Morgan fingerprint density at radius 1 is 1.50 bits per heavy atom. The molecule has 1 aromatic carbocycles. The third kappa shape index (κ3) is 2.06. The van der Waals surface area contributed by atoms with Gasteiger partial charge in [0.25, 0.3) is 0 Å². The molecule has 0 spiro atoms. The second-order valence-corrected chi connectivity index (χ2v) is 6.37. The van der Waals surface area contributed by atoms with Crippen molar-refractivity contribution in [3.05, 3.63) is 29.3 Å². The summed E-state index contributed by atoms with van der Waals surface area (Å²) >= 11 is 5.56. The van der Waals surface area contributed by atoms with Crippen molar-refractivity contribution in [2.24, 2.45) is 0 Å². The van der Waals surface area contributed by atoms with Crippen LogP contribution < -0.4 is 10.1 Å². The second kappa shape index (κ2) is 4.92. The Kier molecular flexibility index (Phi) is 3.36. The van der Waals surface area contributed by atoms with E-state index in [-0.39, 0.29) is 11.8 Å².